The number of amides is 2. The quantitative estimate of drug-likeness (QED) is 0.319. The summed E-state index contributed by atoms with van der Waals surface area (Å²) in [6.45, 7) is 2.81. The van der Waals surface area contributed by atoms with Gasteiger partial charge in [0.2, 0.25) is 13.6 Å². The van der Waals surface area contributed by atoms with E-state index in [0.717, 1.165) is 11.0 Å². The number of ether oxygens (including phenoxy) is 5. The second kappa shape index (κ2) is 8.54. The molecule has 0 bridgehead atoms. The van der Waals surface area contributed by atoms with Crippen molar-refractivity contribution < 1.29 is 38.4 Å². The molecule has 194 valence electrons. The van der Waals surface area contributed by atoms with Crippen molar-refractivity contribution in [1.29, 1.82) is 0 Å². The lowest BCUT2D eigenvalue weighted by Gasteiger charge is -2.12. The fourth-order valence-corrected chi connectivity index (χ4v) is 5.37. The largest absolute Gasteiger partial charge is 0.454 e. The number of aliphatic hydroxyl groups is 1. The normalized spacial score (nSPS) is 16.8. The maximum atomic E-state index is 13.4. The molecule has 5 heterocycles. The molecule has 7 rings (SSSR count). The maximum Gasteiger partial charge on any atom is 0.259 e. The second-order valence-corrected chi connectivity index (χ2v) is 9.16. The molecule has 0 spiro atoms. The zero-order valence-electron chi connectivity index (χ0n) is 20.3. The summed E-state index contributed by atoms with van der Waals surface area (Å²) in [6.07, 6.45) is 2.66. The molecule has 2 amide bonds. The Bertz CT molecular complexity index is 1680. The fourth-order valence-electron chi connectivity index (χ4n) is 5.37. The van der Waals surface area contributed by atoms with Crippen LogP contribution in [0, 0.1) is 0 Å². The third kappa shape index (κ3) is 3.29. The smallest absolute Gasteiger partial charge is 0.259 e. The van der Waals surface area contributed by atoms with Crippen LogP contribution in [0.5, 0.6) is 23.0 Å². The highest BCUT2D eigenvalue weighted by atomic mass is 16.7. The SMILES string of the molecule is CCOCC(O)Cn1cc(C2=C(c3c[nH]c4ccc5c(c34)OCO5)C(=O)NC2=O)c2c3c(ccc21)OCO3. The van der Waals surface area contributed by atoms with E-state index in [-0.39, 0.29) is 37.9 Å². The minimum Gasteiger partial charge on any atom is -0.454 e. The Hall–Kier alpha value is -4.48. The van der Waals surface area contributed by atoms with Crippen molar-refractivity contribution in [3.8, 4) is 23.0 Å². The van der Waals surface area contributed by atoms with Gasteiger partial charge in [-0.2, -0.15) is 0 Å². The summed E-state index contributed by atoms with van der Waals surface area (Å²) in [6, 6.07) is 7.26. The summed E-state index contributed by atoms with van der Waals surface area (Å²) >= 11 is 0. The number of nitrogens with zero attached hydrogens (tertiary/aromatic N) is 1. The average molecular weight is 517 g/mol. The lowest BCUT2D eigenvalue weighted by Crippen LogP contribution is -2.22. The second-order valence-electron chi connectivity index (χ2n) is 9.16. The van der Waals surface area contributed by atoms with E-state index in [0.29, 0.717) is 51.5 Å². The third-order valence-electron chi connectivity index (χ3n) is 6.95. The van der Waals surface area contributed by atoms with Crippen LogP contribution in [0.2, 0.25) is 0 Å². The van der Waals surface area contributed by atoms with E-state index in [1.807, 2.05) is 23.6 Å². The number of nitrogens with one attached hydrogen (secondary N) is 2. The van der Waals surface area contributed by atoms with E-state index in [9.17, 15) is 14.7 Å². The Kier molecular flexibility index (Phi) is 5.10. The Labute approximate surface area is 215 Å². The molecule has 1 atom stereocenters. The predicted octanol–water partition coefficient (Wildman–Crippen LogP) is 2.54. The number of aliphatic hydroxyl groups excluding tert-OH is 1. The Morgan fingerprint density at radius 2 is 1.63 bits per heavy atom. The number of rotatable bonds is 7. The molecule has 3 N–H and O–H groups in total. The van der Waals surface area contributed by atoms with Crippen LogP contribution in [-0.2, 0) is 20.9 Å². The van der Waals surface area contributed by atoms with E-state index in [4.69, 9.17) is 23.7 Å². The number of hydrogen-bond acceptors (Lipinski definition) is 8. The lowest BCUT2D eigenvalue weighted by molar-refractivity contribution is -0.122. The fraction of sp³-hybridized carbons (Fsp3) is 0.259. The van der Waals surface area contributed by atoms with Gasteiger partial charge in [-0.25, -0.2) is 0 Å². The number of benzene rings is 2. The number of fused-ring (bicyclic) bond motifs is 6. The van der Waals surface area contributed by atoms with Gasteiger partial charge in [0.25, 0.3) is 11.8 Å². The van der Waals surface area contributed by atoms with Crippen molar-refractivity contribution in [1.82, 2.24) is 14.9 Å². The number of carbonyl (C=O) groups excluding carboxylic acids is 2. The monoisotopic (exact) mass is 517 g/mol. The molecule has 0 aliphatic carbocycles. The maximum absolute atomic E-state index is 13.4. The molecule has 2 aromatic carbocycles. The van der Waals surface area contributed by atoms with Crippen LogP contribution < -0.4 is 24.3 Å². The summed E-state index contributed by atoms with van der Waals surface area (Å²) in [5, 5.41) is 14.3. The van der Waals surface area contributed by atoms with Gasteiger partial charge in [-0.3, -0.25) is 14.9 Å². The van der Waals surface area contributed by atoms with Gasteiger partial charge < -0.3 is 38.3 Å². The molecule has 0 saturated heterocycles. The number of hydrogen-bond donors (Lipinski definition) is 3. The molecule has 1 unspecified atom stereocenters. The molecular weight excluding hydrogens is 494 g/mol. The standard InChI is InChI=1S/C27H23N3O8/c1-2-34-10-13(31)8-30-9-15(21-17(30)4-6-19-25(21)38-12-36-19)23-22(26(32)29-27(23)33)14-7-28-16-3-5-18-24(20(14)16)37-11-35-18/h3-7,9,13,28,31H,2,8,10-12H2,1H3,(H,29,32,33). The van der Waals surface area contributed by atoms with Crippen LogP contribution in [0.25, 0.3) is 33.0 Å². The zero-order valence-corrected chi connectivity index (χ0v) is 20.3. The first kappa shape index (κ1) is 22.7. The Morgan fingerprint density at radius 1 is 0.947 bits per heavy atom. The Balaban J connectivity index is 1.48. The van der Waals surface area contributed by atoms with Gasteiger partial charge in [0, 0.05) is 30.1 Å². The van der Waals surface area contributed by atoms with Crippen LogP contribution in [-0.4, -0.2) is 59.4 Å². The van der Waals surface area contributed by atoms with Crippen LogP contribution in [0.3, 0.4) is 0 Å². The third-order valence-corrected chi connectivity index (χ3v) is 6.95. The summed E-state index contributed by atoms with van der Waals surface area (Å²) in [4.78, 5) is 29.8. The van der Waals surface area contributed by atoms with Gasteiger partial charge in [-0.15, -0.1) is 0 Å². The van der Waals surface area contributed by atoms with Crippen LogP contribution in [0.1, 0.15) is 18.1 Å². The van der Waals surface area contributed by atoms with Gasteiger partial charge in [-0.1, -0.05) is 0 Å². The number of H-pyrrole nitrogens is 1. The van der Waals surface area contributed by atoms with Crippen molar-refractivity contribution in [3.05, 3.63) is 47.8 Å². The summed E-state index contributed by atoms with van der Waals surface area (Å²) in [5.74, 6) is 1.03. The highest BCUT2D eigenvalue weighted by Crippen LogP contribution is 2.48. The molecule has 0 fully saturated rings. The molecular formula is C27H23N3O8. The minimum atomic E-state index is -0.787. The van der Waals surface area contributed by atoms with Crippen molar-refractivity contribution in [2.24, 2.45) is 0 Å². The summed E-state index contributed by atoms with van der Waals surface area (Å²) < 4.78 is 29.9. The highest BCUT2D eigenvalue weighted by Gasteiger charge is 2.37. The van der Waals surface area contributed by atoms with Gasteiger partial charge >= 0.3 is 0 Å². The molecule has 4 aromatic rings. The van der Waals surface area contributed by atoms with Gasteiger partial charge in [0.15, 0.2) is 23.0 Å². The first-order valence-electron chi connectivity index (χ1n) is 12.2. The van der Waals surface area contributed by atoms with Crippen molar-refractivity contribution in [3.63, 3.8) is 0 Å². The zero-order chi connectivity index (χ0) is 26.0. The van der Waals surface area contributed by atoms with Crippen molar-refractivity contribution >= 4 is 44.8 Å². The highest BCUT2D eigenvalue weighted by molar-refractivity contribution is 6.51. The lowest BCUT2D eigenvalue weighted by atomic mass is 9.95. The molecule has 0 radical (unpaired) electrons. The minimum absolute atomic E-state index is 0.0367. The predicted molar refractivity (Wildman–Crippen MR) is 135 cm³/mol. The molecule has 0 saturated carbocycles. The van der Waals surface area contributed by atoms with E-state index >= 15 is 0 Å². The van der Waals surface area contributed by atoms with Crippen LogP contribution in [0.15, 0.2) is 36.7 Å². The molecule has 3 aliphatic rings. The van der Waals surface area contributed by atoms with Crippen molar-refractivity contribution in [2.45, 2.75) is 19.6 Å². The van der Waals surface area contributed by atoms with Crippen LogP contribution >= 0.6 is 0 Å². The Morgan fingerprint density at radius 3 is 2.37 bits per heavy atom. The van der Waals surface area contributed by atoms with E-state index in [1.165, 1.54) is 0 Å². The number of aromatic nitrogens is 2. The molecule has 38 heavy (non-hydrogen) atoms. The van der Waals surface area contributed by atoms with E-state index in [1.54, 1.807) is 24.5 Å². The van der Waals surface area contributed by atoms with Crippen LogP contribution in [0.4, 0.5) is 0 Å². The summed E-state index contributed by atoms with van der Waals surface area (Å²) in [5.41, 5.74) is 2.86. The van der Waals surface area contributed by atoms with Gasteiger partial charge in [0.05, 0.1) is 52.2 Å². The molecule has 2 aromatic heterocycles. The number of imide groups is 1. The summed E-state index contributed by atoms with van der Waals surface area (Å²) in [7, 11) is 0. The topological polar surface area (TPSA) is 133 Å². The molecule has 11 nitrogen and oxygen atoms in total. The van der Waals surface area contributed by atoms with E-state index in [2.05, 4.69) is 10.3 Å². The first-order chi connectivity index (χ1) is 18.5. The van der Waals surface area contributed by atoms with Gasteiger partial charge in [0.1, 0.15) is 0 Å². The van der Waals surface area contributed by atoms with Crippen molar-refractivity contribution in [2.75, 3.05) is 26.8 Å². The average Bonchev–Trinajstić information content (AvgIpc) is 3.71. The molecule has 11 heteroatoms. The molecule has 3 aliphatic heterocycles. The number of carbonyl (C=O) groups is 2. The number of aromatic amines is 1. The van der Waals surface area contributed by atoms with E-state index < -0.39 is 17.9 Å². The van der Waals surface area contributed by atoms with Gasteiger partial charge in [-0.05, 0) is 31.2 Å². The first-order valence-corrected chi connectivity index (χ1v) is 12.2.